The maximum atomic E-state index is 5.71. The average molecular weight is 254 g/mol. The van der Waals surface area contributed by atoms with Gasteiger partial charge in [0.1, 0.15) is 6.10 Å². The van der Waals surface area contributed by atoms with Gasteiger partial charge in [-0.3, -0.25) is 4.90 Å². The Kier molecular flexibility index (Phi) is 4.68. The van der Waals surface area contributed by atoms with Crippen LogP contribution in [0.3, 0.4) is 0 Å². The highest BCUT2D eigenvalue weighted by atomic mass is 16.5. The molecule has 0 amide bonds. The van der Waals surface area contributed by atoms with Crippen molar-refractivity contribution in [2.75, 3.05) is 26.2 Å². The van der Waals surface area contributed by atoms with Crippen molar-refractivity contribution in [1.29, 1.82) is 0 Å². The Morgan fingerprint density at radius 2 is 2.39 bits per heavy atom. The van der Waals surface area contributed by atoms with E-state index in [0.717, 1.165) is 32.7 Å². The van der Waals surface area contributed by atoms with Gasteiger partial charge in [0, 0.05) is 25.6 Å². The third-order valence-electron chi connectivity index (χ3n) is 2.96. The quantitative estimate of drug-likeness (QED) is 0.835. The monoisotopic (exact) mass is 254 g/mol. The second-order valence-electron chi connectivity index (χ2n) is 4.89. The molecule has 0 spiro atoms. The molecule has 18 heavy (non-hydrogen) atoms. The van der Waals surface area contributed by atoms with Gasteiger partial charge in [0.15, 0.2) is 0 Å². The lowest BCUT2D eigenvalue weighted by Crippen LogP contribution is -2.39. The first-order valence-corrected chi connectivity index (χ1v) is 6.61. The Bertz CT molecular complexity index is 365. The summed E-state index contributed by atoms with van der Waals surface area (Å²) in [6, 6.07) is 0.0298. The van der Waals surface area contributed by atoms with Crippen molar-refractivity contribution in [3.05, 3.63) is 11.7 Å². The topological polar surface area (TPSA) is 77.4 Å². The summed E-state index contributed by atoms with van der Waals surface area (Å²) in [5.41, 5.74) is 5.71. The van der Waals surface area contributed by atoms with Gasteiger partial charge < -0.3 is 15.0 Å². The molecule has 1 fully saturated rings. The van der Waals surface area contributed by atoms with Crippen molar-refractivity contribution in [2.24, 2.45) is 5.73 Å². The Labute approximate surface area is 107 Å². The van der Waals surface area contributed by atoms with Crippen LogP contribution in [0.25, 0.3) is 0 Å². The fraction of sp³-hybridized carbons (Fsp3) is 0.833. The molecule has 6 heteroatoms. The van der Waals surface area contributed by atoms with E-state index in [2.05, 4.69) is 22.0 Å². The Balaban J connectivity index is 1.95. The molecule has 2 N–H and O–H groups in total. The molecule has 0 aliphatic carbocycles. The van der Waals surface area contributed by atoms with Gasteiger partial charge in [-0.1, -0.05) is 12.1 Å². The first-order valence-electron chi connectivity index (χ1n) is 6.61. The van der Waals surface area contributed by atoms with Gasteiger partial charge in [0.25, 0.3) is 0 Å². The molecule has 1 aromatic heterocycles. The molecule has 0 aromatic carbocycles. The predicted octanol–water partition coefficient (Wildman–Crippen LogP) is 0.743. The van der Waals surface area contributed by atoms with Crippen LogP contribution >= 0.6 is 0 Å². The maximum absolute atomic E-state index is 5.71. The standard InChI is InChI=1S/C12H22N4O2/c1-3-4-16-5-6-17-10(8-16)12-14-11(18-15-12)7-9(2)13/h9-10H,3-8,13H2,1-2H3. The number of nitrogens with two attached hydrogens (primary N) is 1. The number of nitrogens with zero attached hydrogens (tertiary/aromatic N) is 3. The van der Waals surface area contributed by atoms with Gasteiger partial charge in [-0.25, -0.2) is 0 Å². The van der Waals surface area contributed by atoms with E-state index in [1.165, 1.54) is 0 Å². The van der Waals surface area contributed by atoms with Gasteiger partial charge in [-0.15, -0.1) is 0 Å². The highest BCUT2D eigenvalue weighted by Gasteiger charge is 2.25. The zero-order chi connectivity index (χ0) is 13.0. The van der Waals surface area contributed by atoms with Gasteiger partial charge >= 0.3 is 0 Å². The van der Waals surface area contributed by atoms with Crippen LogP contribution < -0.4 is 5.73 Å². The van der Waals surface area contributed by atoms with Crippen molar-refractivity contribution >= 4 is 0 Å². The van der Waals surface area contributed by atoms with E-state index in [1.54, 1.807) is 0 Å². The van der Waals surface area contributed by atoms with Crippen LogP contribution in [0.15, 0.2) is 4.52 Å². The average Bonchev–Trinajstić information content (AvgIpc) is 2.77. The maximum Gasteiger partial charge on any atom is 0.228 e. The largest absolute Gasteiger partial charge is 0.367 e. The number of morpholine rings is 1. The van der Waals surface area contributed by atoms with Gasteiger partial charge in [0.05, 0.1) is 6.61 Å². The molecule has 2 unspecified atom stereocenters. The van der Waals surface area contributed by atoms with E-state index >= 15 is 0 Å². The van der Waals surface area contributed by atoms with Crippen molar-refractivity contribution < 1.29 is 9.26 Å². The minimum absolute atomic E-state index is 0.0298. The molecular weight excluding hydrogens is 232 g/mol. The number of rotatable bonds is 5. The molecule has 0 radical (unpaired) electrons. The molecule has 6 nitrogen and oxygen atoms in total. The second kappa shape index (κ2) is 6.26. The SMILES string of the molecule is CCCN1CCOC(c2noc(CC(C)N)n2)C1. The van der Waals surface area contributed by atoms with E-state index in [-0.39, 0.29) is 12.1 Å². The van der Waals surface area contributed by atoms with Crippen molar-refractivity contribution in [1.82, 2.24) is 15.0 Å². The zero-order valence-electron chi connectivity index (χ0n) is 11.1. The smallest absolute Gasteiger partial charge is 0.228 e. The van der Waals surface area contributed by atoms with E-state index in [1.807, 2.05) is 6.92 Å². The summed E-state index contributed by atoms with van der Waals surface area (Å²) in [5.74, 6) is 1.24. The zero-order valence-corrected chi connectivity index (χ0v) is 11.1. The second-order valence-corrected chi connectivity index (χ2v) is 4.89. The molecule has 0 bridgehead atoms. The molecule has 1 saturated heterocycles. The Hall–Kier alpha value is -0.980. The van der Waals surface area contributed by atoms with Crippen molar-refractivity contribution in [2.45, 2.75) is 38.8 Å². The van der Waals surface area contributed by atoms with Crippen LogP contribution in [0.2, 0.25) is 0 Å². The first kappa shape index (κ1) is 13.5. The van der Waals surface area contributed by atoms with Gasteiger partial charge in [0.2, 0.25) is 11.7 Å². The lowest BCUT2D eigenvalue weighted by Gasteiger charge is -2.30. The number of aromatic nitrogens is 2. The molecule has 0 saturated carbocycles. The Morgan fingerprint density at radius 3 is 3.11 bits per heavy atom. The van der Waals surface area contributed by atoms with Crippen molar-refractivity contribution in [3.63, 3.8) is 0 Å². The summed E-state index contributed by atoms with van der Waals surface area (Å²) in [4.78, 5) is 6.73. The highest BCUT2D eigenvalue weighted by Crippen LogP contribution is 2.20. The van der Waals surface area contributed by atoms with Crippen LogP contribution in [0.5, 0.6) is 0 Å². The summed E-state index contributed by atoms with van der Waals surface area (Å²) in [7, 11) is 0. The number of hydrogen-bond acceptors (Lipinski definition) is 6. The third kappa shape index (κ3) is 3.51. The number of hydrogen-bond donors (Lipinski definition) is 1. The van der Waals surface area contributed by atoms with E-state index in [9.17, 15) is 0 Å². The normalized spacial score (nSPS) is 23.2. The summed E-state index contributed by atoms with van der Waals surface area (Å²) >= 11 is 0. The summed E-state index contributed by atoms with van der Waals surface area (Å²) < 4.78 is 10.9. The lowest BCUT2D eigenvalue weighted by atomic mass is 10.2. The van der Waals surface area contributed by atoms with Crippen LogP contribution in [0.4, 0.5) is 0 Å². The van der Waals surface area contributed by atoms with E-state index < -0.39 is 0 Å². The van der Waals surface area contributed by atoms with Crippen LogP contribution in [0.1, 0.15) is 38.1 Å². The molecule has 2 heterocycles. The molecule has 1 aliphatic heterocycles. The van der Waals surface area contributed by atoms with Gasteiger partial charge in [-0.2, -0.15) is 4.98 Å². The third-order valence-corrected chi connectivity index (χ3v) is 2.96. The Morgan fingerprint density at radius 1 is 1.56 bits per heavy atom. The lowest BCUT2D eigenvalue weighted by molar-refractivity contribution is -0.0350. The van der Waals surface area contributed by atoms with Gasteiger partial charge in [-0.05, 0) is 19.9 Å². The number of ether oxygens (including phenoxy) is 1. The van der Waals surface area contributed by atoms with Crippen molar-refractivity contribution in [3.8, 4) is 0 Å². The summed E-state index contributed by atoms with van der Waals surface area (Å²) in [5, 5.41) is 3.99. The highest BCUT2D eigenvalue weighted by molar-refractivity contribution is 4.95. The fourth-order valence-corrected chi connectivity index (χ4v) is 2.14. The molecular formula is C12H22N4O2. The summed E-state index contributed by atoms with van der Waals surface area (Å²) in [6.45, 7) is 7.73. The fourth-order valence-electron chi connectivity index (χ4n) is 2.14. The minimum Gasteiger partial charge on any atom is -0.367 e. The van der Waals surface area contributed by atoms with Crippen LogP contribution in [-0.2, 0) is 11.2 Å². The van der Waals surface area contributed by atoms with E-state index in [4.69, 9.17) is 15.0 Å². The molecule has 2 atom stereocenters. The van der Waals surface area contributed by atoms with Crippen LogP contribution in [0, 0.1) is 0 Å². The van der Waals surface area contributed by atoms with E-state index in [0.29, 0.717) is 18.1 Å². The molecule has 102 valence electrons. The molecule has 1 aromatic rings. The predicted molar refractivity (Wildman–Crippen MR) is 67.1 cm³/mol. The minimum atomic E-state index is -0.0733. The first-order chi connectivity index (χ1) is 8.69. The summed E-state index contributed by atoms with van der Waals surface area (Å²) in [6.07, 6.45) is 1.68. The molecule has 1 aliphatic rings. The van der Waals surface area contributed by atoms with Crippen LogP contribution in [-0.4, -0.2) is 47.3 Å². The molecule has 2 rings (SSSR count).